The summed E-state index contributed by atoms with van der Waals surface area (Å²) in [7, 11) is 0. The third kappa shape index (κ3) is 2.65. The Bertz CT molecular complexity index is 441. The van der Waals surface area contributed by atoms with Crippen LogP contribution in [0.25, 0.3) is 0 Å². The minimum absolute atomic E-state index is 0.0407. The van der Waals surface area contributed by atoms with Gasteiger partial charge in [-0.15, -0.1) is 0 Å². The van der Waals surface area contributed by atoms with Crippen LogP contribution in [0.1, 0.15) is 5.76 Å². The molecule has 0 aromatic carbocycles. The van der Waals surface area contributed by atoms with Crippen LogP contribution in [0.4, 0.5) is 4.39 Å². The van der Waals surface area contributed by atoms with Gasteiger partial charge < -0.3 is 19.9 Å². The largest absolute Gasteiger partial charge is 0.479 e. The number of hydrogen-bond donors (Lipinski definition) is 3. The van der Waals surface area contributed by atoms with E-state index in [2.05, 4.69) is 0 Å². The van der Waals surface area contributed by atoms with Crippen molar-refractivity contribution in [1.82, 2.24) is 5.32 Å². The van der Waals surface area contributed by atoms with Gasteiger partial charge >= 0.3 is 11.9 Å². The number of carboxylic acids is 2. The first kappa shape index (κ1) is 13.7. The van der Waals surface area contributed by atoms with E-state index >= 15 is 0 Å². The predicted octanol–water partition coefficient (Wildman–Crippen LogP) is -0.184. The molecule has 1 aromatic heterocycles. The molecule has 1 amide bonds. The number of nitrogens with one attached hydrogen (secondary N) is 1. The van der Waals surface area contributed by atoms with E-state index in [-0.39, 0.29) is 5.76 Å². The first-order valence-corrected chi connectivity index (χ1v) is 4.78. The van der Waals surface area contributed by atoms with Crippen molar-refractivity contribution >= 4 is 17.8 Å². The van der Waals surface area contributed by atoms with E-state index in [4.69, 9.17) is 14.6 Å². The highest BCUT2D eigenvalue weighted by molar-refractivity contribution is 6.06. The minimum Gasteiger partial charge on any atom is -0.479 e. The molecule has 0 saturated heterocycles. The number of rotatable bonds is 6. The molecule has 0 spiro atoms. The molecule has 0 radical (unpaired) electrons. The van der Waals surface area contributed by atoms with Crippen molar-refractivity contribution in [1.29, 1.82) is 0 Å². The van der Waals surface area contributed by atoms with Gasteiger partial charge in [-0.3, -0.25) is 4.79 Å². The molecule has 0 aliphatic heterocycles. The van der Waals surface area contributed by atoms with E-state index in [9.17, 15) is 18.8 Å². The van der Waals surface area contributed by atoms with E-state index in [0.717, 1.165) is 0 Å². The van der Waals surface area contributed by atoms with Crippen molar-refractivity contribution in [3.63, 3.8) is 0 Å². The zero-order valence-electron chi connectivity index (χ0n) is 9.05. The van der Waals surface area contributed by atoms with Crippen LogP contribution in [-0.2, 0) is 20.8 Å². The number of furan rings is 1. The predicted molar refractivity (Wildman–Crippen MR) is 54.5 cm³/mol. The zero-order valence-corrected chi connectivity index (χ0v) is 9.05. The van der Waals surface area contributed by atoms with Gasteiger partial charge in [0.1, 0.15) is 5.76 Å². The van der Waals surface area contributed by atoms with Crippen molar-refractivity contribution in [3.05, 3.63) is 24.2 Å². The van der Waals surface area contributed by atoms with Crippen LogP contribution < -0.4 is 5.32 Å². The highest BCUT2D eigenvalue weighted by atomic mass is 19.1. The number of carboxylic acid groups (broad SMARTS) is 2. The second kappa shape index (κ2) is 5.30. The van der Waals surface area contributed by atoms with Gasteiger partial charge in [0, 0.05) is 0 Å². The maximum absolute atomic E-state index is 12.1. The second-order valence-corrected chi connectivity index (χ2v) is 3.45. The number of alkyl halides is 1. The highest BCUT2D eigenvalue weighted by Crippen LogP contribution is 2.15. The molecule has 0 aliphatic rings. The Morgan fingerprint density at radius 1 is 1.33 bits per heavy atom. The summed E-state index contributed by atoms with van der Waals surface area (Å²) in [4.78, 5) is 33.1. The second-order valence-electron chi connectivity index (χ2n) is 3.45. The summed E-state index contributed by atoms with van der Waals surface area (Å²) in [6.45, 7) is -1.51. The number of aliphatic carboxylic acids is 2. The smallest absolute Gasteiger partial charge is 0.341 e. The molecule has 18 heavy (non-hydrogen) atoms. The average molecular weight is 259 g/mol. The number of carbonyl (C=O) groups excluding carboxylic acids is 1. The van der Waals surface area contributed by atoms with Gasteiger partial charge in [-0.2, -0.15) is 0 Å². The van der Waals surface area contributed by atoms with Gasteiger partial charge in [0.15, 0.2) is 6.67 Å². The third-order valence-electron chi connectivity index (χ3n) is 2.22. The first-order chi connectivity index (χ1) is 8.42. The van der Waals surface area contributed by atoms with Crippen LogP contribution in [0.3, 0.4) is 0 Å². The lowest BCUT2D eigenvalue weighted by Gasteiger charge is -2.24. The molecule has 0 aliphatic carbocycles. The summed E-state index contributed by atoms with van der Waals surface area (Å²) in [6.07, 6.45) is 0.594. The normalized spacial score (nSPS) is 10.9. The van der Waals surface area contributed by atoms with Crippen LogP contribution in [0.2, 0.25) is 0 Å². The van der Waals surface area contributed by atoms with Gasteiger partial charge in [-0.25, -0.2) is 14.0 Å². The van der Waals surface area contributed by atoms with E-state index in [0.29, 0.717) is 0 Å². The Kier molecular flexibility index (Phi) is 4.03. The van der Waals surface area contributed by atoms with Crippen LogP contribution in [0, 0.1) is 0 Å². The summed E-state index contributed by atoms with van der Waals surface area (Å²) in [5.41, 5.74) is -2.65. The minimum atomic E-state index is -2.65. The Morgan fingerprint density at radius 3 is 2.33 bits per heavy atom. The van der Waals surface area contributed by atoms with E-state index in [1.807, 2.05) is 0 Å². The van der Waals surface area contributed by atoms with Crippen molar-refractivity contribution in [3.8, 4) is 0 Å². The number of hydrogen-bond acceptors (Lipinski definition) is 4. The fraction of sp³-hybridized carbons (Fsp3) is 0.300. The van der Waals surface area contributed by atoms with Crippen LogP contribution in [0.5, 0.6) is 0 Å². The first-order valence-electron chi connectivity index (χ1n) is 4.78. The van der Waals surface area contributed by atoms with Crippen molar-refractivity contribution in [2.75, 3.05) is 6.67 Å². The number of amides is 1. The lowest BCUT2D eigenvalue weighted by atomic mass is 9.93. The molecule has 0 atom stereocenters. The molecule has 3 N–H and O–H groups in total. The number of halogens is 1. The Labute approximate surface area is 100 Å². The fourth-order valence-electron chi connectivity index (χ4n) is 1.34. The Morgan fingerprint density at radius 2 is 1.94 bits per heavy atom. The van der Waals surface area contributed by atoms with Gasteiger partial charge in [0.2, 0.25) is 5.54 Å². The van der Waals surface area contributed by atoms with Crippen LogP contribution in [-0.4, -0.2) is 40.3 Å². The quantitative estimate of drug-likeness (QED) is 0.610. The molecule has 0 unspecified atom stereocenters. The standard InChI is InChI=1S/C10H10FNO6/c11-5-7(13)12-10(8(14)15,9(16)17)4-6-2-1-3-18-6/h1-3H,4-5H2,(H,12,13)(H,14,15)(H,16,17). The summed E-state index contributed by atoms with van der Waals surface area (Å²) < 4.78 is 16.9. The van der Waals surface area contributed by atoms with E-state index < -0.39 is 36.5 Å². The summed E-state index contributed by atoms with van der Waals surface area (Å²) in [6, 6.07) is 2.78. The summed E-state index contributed by atoms with van der Waals surface area (Å²) in [5, 5.41) is 19.6. The highest BCUT2D eigenvalue weighted by Gasteiger charge is 2.49. The summed E-state index contributed by atoms with van der Waals surface area (Å²) in [5.74, 6) is -4.91. The Hall–Kier alpha value is -2.38. The molecule has 7 nitrogen and oxygen atoms in total. The molecular formula is C10H10FNO6. The van der Waals surface area contributed by atoms with Gasteiger partial charge in [0.25, 0.3) is 5.91 Å². The molecule has 0 saturated carbocycles. The van der Waals surface area contributed by atoms with Crippen LogP contribution in [0.15, 0.2) is 22.8 Å². The molecule has 1 rings (SSSR count). The van der Waals surface area contributed by atoms with Crippen molar-refractivity contribution < 1.29 is 33.4 Å². The maximum Gasteiger partial charge on any atom is 0.341 e. The monoisotopic (exact) mass is 259 g/mol. The fourth-order valence-corrected chi connectivity index (χ4v) is 1.34. The van der Waals surface area contributed by atoms with Crippen LogP contribution >= 0.6 is 0 Å². The zero-order chi connectivity index (χ0) is 13.8. The maximum atomic E-state index is 12.1. The topological polar surface area (TPSA) is 117 Å². The van der Waals surface area contributed by atoms with E-state index in [1.165, 1.54) is 18.4 Å². The SMILES string of the molecule is O=C(CF)NC(Cc1ccco1)(C(=O)O)C(=O)O. The summed E-state index contributed by atoms with van der Waals surface area (Å²) >= 11 is 0. The van der Waals surface area contributed by atoms with Gasteiger partial charge in [-0.05, 0) is 12.1 Å². The van der Waals surface area contributed by atoms with Crippen molar-refractivity contribution in [2.45, 2.75) is 12.0 Å². The van der Waals surface area contributed by atoms with Gasteiger partial charge in [0.05, 0.1) is 12.7 Å². The molecule has 8 heteroatoms. The number of carbonyl (C=O) groups is 3. The molecule has 0 fully saturated rings. The van der Waals surface area contributed by atoms with Gasteiger partial charge in [-0.1, -0.05) is 0 Å². The van der Waals surface area contributed by atoms with E-state index in [1.54, 1.807) is 5.32 Å². The molecular weight excluding hydrogens is 249 g/mol. The Balaban J connectivity index is 3.09. The average Bonchev–Trinajstić information content (AvgIpc) is 2.79. The lowest BCUT2D eigenvalue weighted by Crippen LogP contribution is -2.62. The third-order valence-corrected chi connectivity index (χ3v) is 2.22. The molecule has 0 bridgehead atoms. The lowest BCUT2D eigenvalue weighted by molar-refractivity contribution is -0.161. The molecule has 1 aromatic rings. The molecule has 1 heterocycles. The van der Waals surface area contributed by atoms with Crippen molar-refractivity contribution in [2.24, 2.45) is 0 Å². The molecule has 98 valence electrons.